The Labute approximate surface area is 122 Å². The molecular formula is C15H18N4S. The summed E-state index contributed by atoms with van der Waals surface area (Å²) in [4.78, 5) is 9.01. The Kier molecular flexibility index (Phi) is 3.80. The molecular weight excluding hydrogens is 268 g/mol. The number of rotatable bonds is 5. The highest BCUT2D eigenvalue weighted by atomic mass is 32.1. The van der Waals surface area contributed by atoms with Gasteiger partial charge in [0.15, 0.2) is 0 Å². The molecule has 2 heterocycles. The van der Waals surface area contributed by atoms with Gasteiger partial charge in [-0.2, -0.15) is 0 Å². The summed E-state index contributed by atoms with van der Waals surface area (Å²) in [5.74, 6) is 1.07. The summed E-state index contributed by atoms with van der Waals surface area (Å²) >= 11 is 1.71. The molecule has 3 rings (SSSR count). The predicted octanol–water partition coefficient (Wildman–Crippen LogP) is 2.92. The van der Waals surface area contributed by atoms with Crippen molar-refractivity contribution in [3.63, 3.8) is 0 Å². The van der Waals surface area contributed by atoms with Gasteiger partial charge < -0.3 is 9.88 Å². The lowest BCUT2D eigenvalue weighted by Gasteiger charge is -2.13. The fourth-order valence-electron chi connectivity index (χ4n) is 2.41. The first kappa shape index (κ1) is 13.3. The van der Waals surface area contributed by atoms with Crippen LogP contribution in [0.2, 0.25) is 0 Å². The number of hydrogen-bond acceptors (Lipinski definition) is 4. The lowest BCUT2D eigenvalue weighted by molar-refractivity contribution is 0.536. The molecule has 1 N–H and O–H groups in total. The smallest absolute Gasteiger partial charge is 0.126 e. The highest BCUT2D eigenvalue weighted by Gasteiger charge is 2.13. The molecule has 0 radical (unpaired) electrons. The molecule has 1 unspecified atom stereocenters. The number of thiazole rings is 1. The first-order valence-electron chi connectivity index (χ1n) is 6.79. The Balaban J connectivity index is 1.69. The van der Waals surface area contributed by atoms with Crippen molar-refractivity contribution in [2.24, 2.45) is 7.05 Å². The minimum absolute atomic E-state index is 0.229. The fourth-order valence-corrected chi connectivity index (χ4v) is 3.04. The van der Waals surface area contributed by atoms with Crippen LogP contribution in [0.15, 0.2) is 35.8 Å². The van der Waals surface area contributed by atoms with Gasteiger partial charge in [0.1, 0.15) is 5.82 Å². The van der Waals surface area contributed by atoms with Crippen molar-refractivity contribution < 1.29 is 0 Å². The van der Waals surface area contributed by atoms with E-state index in [0.29, 0.717) is 0 Å². The van der Waals surface area contributed by atoms with Crippen LogP contribution >= 0.6 is 11.3 Å². The van der Waals surface area contributed by atoms with Crippen LogP contribution in [0, 0.1) is 0 Å². The van der Waals surface area contributed by atoms with Crippen molar-refractivity contribution in [1.29, 1.82) is 0 Å². The van der Waals surface area contributed by atoms with Gasteiger partial charge in [-0.1, -0.05) is 12.1 Å². The topological polar surface area (TPSA) is 42.7 Å². The quantitative estimate of drug-likeness (QED) is 0.784. The number of nitrogens with zero attached hydrogens (tertiary/aromatic N) is 3. The van der Waals surface area contributed by atoms with Gasteiger partial charge in [-0.25, -0.2) is 9.97 Å². The van der Waals surface area contributed by atoms with Crippen molar-refractivity contribution >= 4 is 22.4 Å². The van der Waals surface area contributed by atoms with E-state index in [1.54, 1.807) is 11.3 Å². The van der Waals surface area contributed by atoms with E-state index < -0.39 is 0 Å². The van der Waals surface area contributed by atoms with Crippen LogP contribution in [0.5, 0.6) is 0 Å². The summed E-state index contributed by atoms with van der Waals surface area (Å²) < 4.78 is 2.16. The van der Waals surface area contributed by atoms with E-state index in [1.807, 2.05) is 23.7 Å². The molecule has 0 aliphatic carbocycles. The molecule has 1 aromatic carbocycles. The maximum atomic E-state index is 4.72. The molecule has 0 amide bonds. The van der Waals surface area contributed by atoms with Gasteiger partial charge in [-0.3, -0.25) is 0 Å². The van der Waals surface area contributed by atoms with E-state index in [9.17, 15) is 0 Å². The molecule has 0 fully saturated rings. The van der Waals surface area contributed by atoms with Crippen molar-refractivity contribution in [3.05, 3.63) is 46.7 Å². The lowest BCUT2D eigenvalue weighted by Crippen LogP contribution is -2.23. The van der Waals surface area contributed by atoms with Crippen molar-refractivity contribution in [1.82, 2.24) is 19.9 Å². The normalized spacial score (nSPS) is 12.9. The fraction of sp³-hybridized carbons (Fsp3) is 0.333. The maximum Gasteiger partial charge on any atom is 0.126 e. The second-order valence-corrected chi connectivity index (χ2v) is 5.85. The van der Waals surface area contributed by atoms with Crippen LogP contribution in [0.1, 0.15) is 23.8 Å². The van der Waals surface area contributed by atoms with Gasteiger partial charge in [-0.15, -0.1) is 11.3 Å². The Morgan fingerprint density at radius 2 is 2.20 bits per heavy atom. The summed E-state index contributed by atoms with van der Waals surface area (Å²) in [6.07, 6.45) is 2.82. The number of aryl methyl sites for hydroxylation is 1. The maximum absolute atomic E-state index is 4.72. The average Bonchev–Trinajstić information content (AvgIpc) is 3.08. The van der Waals surface area contributed by atoms with Gasteiger partial charge in [0.25, 0.3) is 0 Å². The van der Waals surface area contributed by atoms with Gasteiger partial charge in [0.05, 0.1) is 22.1 Å². The van der Waals surface area contributed by atoms with Crippen LogP contribution in [0.3, 0.4) is 0 Å². The van der Waals surface area contributed by atoms with E-state index in [-0.39, 0.29) is 6.04 Å². The lowest BCUT2D eigenvalue weighted by atomic mass is 10.3. The summed E-state index contributed by atoms with van der Waals surface area (Å²) in [5, 5.41) is 6.72. The molecule has 0 bridgehead atoms. The van der Waals surface area contributed by atoms with Crippen LogP contribution in [-0.4, -0.2) is 21.1 Å². The van der Waals surface area contributed by atoms with Gasteiger partial charge in [-0.05, 0) is 19.1 Å². The molecule has 5 heteroatoms. The number of nitrogens with one attached hydrogen (secondary N) is 1. The molecule has 0 saturated carbocycles. The Morgan fingerprint density at radius 3 is 2.95 bits per heavy atom. The molecule has 104 valence electrons. The monoisotopic (exact) mass is 286 g/mol. The van der Waals surface area contributed by atoms with Crippen molar-refractivity contribution in [2.75, 3.05) is 6.54 Å². The number of fused-ring (bicyclic) bond motifs is 1. The minimum atomic E-state index is 0.229. The summed E-state index contributed by atoms with van der Waals surface area (Å²) in [7, 11) is 2.07. The second-order valence-electron chi connectivity index (χ2n) is 4.87. The molecule has 0 aliphatic heterocycles. The number of aromatic nitrogens is 3. The summed E-state index contributed by atoms with van der Waals surface area (Å²) in [5.41, 5.74) is 2.23. The van der Waals surface area contributed by atoms with E-state index >= 15 is 0 Å². The second kappa shape index (κ2) is 5.73. The van der Waals surface area contributed by atoms with Crippen LogP contribution in [-0.2, 0) is 13.5 Å². The third-order valence-corrected chi connectivity index (χ3v) is 4.32. The molecule has 1 atom stereocenters. The number of imidazole rings is 1. The molecule has 2 aromatic heterocycles. The number of benzene rings is 1. The number of hydrogen-bond donors (Lipinski definition) is 1. The Morgan fingerprint density at radius 1 is 1.35 bits per heavy atom. The molecule has 0 aliphatic rings. The third kappa shape index (κ3) is 2.59. The first-order valence-corrected chi connectivity index (χ1v) is 7.67. The SMILES string of the molecule is CC(NCCc1nccs1)c1nc2ccccc2n1C. The van der Waals surface area contributed by atoms with Crippen molar-refractivity contribution in [2.45, 2.75) is 19.4 Å². The van der Waals surface area contributed by atoms with Crippen LogP contribution < -0.4 is 5.32 Å². The summed E-state index contributed by atoms with van der Waals surface area (Å²) in [6, 6.07) is 8.47. The zero-order valence-electron chi connectivity index (χ0n) is 11.7. The van der Waals surface area contributed by atoms with Gasteiger partial charge >= 0.3 is 0 Å². The standard InChI is InChI=1S/C15H18N4S/c1-11(16-8-7-14-17-9-10-20-14)15-18-12-5-3-4-6-13(12)19(15)2/h3-6,9-11,16H,7-8H2,1-2H3. The van der Waals surface area contributed by atoms with E-state index in [0.717, 1.165) is 24.3 Å². The number of para-hydroxylation sites is 2. The minimum Gasteiger partial charge on any atom is -0.330 e. The van der Waals surface area contributed by atoms with Crippen molar-refractivity contribution in [3.8, 4) is 0 Å². The molecule has 3 aromatic rings. The first-order chi connectivity index (χ1) is 9.75. The average molecular weight is 286 g/mol. The van der Waals surface area contributed by atoms with E-state index in [1.165, 1.54) is 10.5 Å². The van der Waals surface area contributed by atoms with Gasteiger partial charge in [0, 0.05) is 31.6 Å². The molecule has 0 saturated heterocycles. The predicted molar refractivity (Wildman–Crippen MR) is 82.9 cm³/mol. The van der Waals surface area contributed by atoms with E-state index in [4.69, 9.17) is 4.98 Å². The zero-order chi connectivity index (χ0) is 13.9. The molecule has 4 nitrogen and oxygen atoms in total. The summed E-state index contributed by atoms with van der Waals surface area (Å²) in [6.45, 7) is 3.07. The Bertz CT molecular complexity index is 687. The van der Waals surface area contributed by atoms with Gasteiger partial charge in [0.2, 0.25) is 0 Å². The largest absolute Gasteiger partial charge is 0.330 e. The third-order valence-electron chi connectivity index (χ3n) is 3.48. The highest BCUT2D eigenvalue weighted by Crippen LogP contribution is 2.19. The molecule has 0 spiro atoms. The van der Waals surface area contributed by atoms with Crippen LogP contribution in [0.25, 0.3) is 11.0 Å². The molecule has 20 heavy (non-hydrogen) atoms. The van der Waals surface area contributed by atoms with E-state index in [2.05, 4.69) is 41.0 Å². The zero-order valence-corrected chi connectivity index (χ0v) is 12.5. The highest BCUT2D eigenvalue weighted by molar-refractivity contribution is 7.09. The van der Waals surface area contributed by atoms with Crippen LogP contribution in [0.4, 0.5) is 0 Å². The Hall–Kier alpha value is -1.72.